The Hall–Kier alpha value is -4.13. The van der Waals surface area contributed by atoms with Crippen molar-refractivity contribution in [2.45, 2.75) is 46.6 Å². The van der Waals surface area contributed by atoms with E-state index in [1.54, 1.807) is 28.8 Å². The zero-order valence-corrected chi connectivity index (χ0v) is 22.3. The van der Waals surface area contributed by atoms with Gasteiger partial charge in [0, 0.05) is 12.1 Å². The maximum atomic E-state index is 14.0. The fraction of sp³-hybridized carbons (Fsp3) is 0.323. The number of carbonyl (C=O) groups is 1. The molecule has 3 aromatic carbocycles. The van der Waals surface area contributed by atoms with Gasteiger partial charge in [0.05, 0.1) is 22.6 Å². The minimum atomic E-state index is -0.432. The number of fused-ring (bicyclic) bond motifs is 2. The molecule has 0 N–H and O–H groups in total. The van der Waals surface area contributed by atoms with Gasteiger partial charge in [-0.1, -0.05) is 52.0 Å². The highest BCUT2D eigenvalue weighted by Crippen LogP contribution is 2.34. The number of ether oxygens (including phenoxy) is 2. The topological polar surface area (TPSA) is 73.7 Å². The van der Waals surface area contributed by atoms with Crippen molar-refractivity contribution in [2.24, 2.45) is 5.92 Å². The molecule has 1 unspecified atom stereocenters. The largest absolute Gasteiger partial charge is 0.454 e. The van der Waals surface area contributed by atoms with Crippen LogP contribution in [0.5, 0.6) is 11.5 Å². The van der Waals surface area contributed by atoms with Crippen LogP contribution in [0, 0.1) is 5.92 Å². The van der Waals surface area contributed by atoms with Crippen molar-refractivity contribution in [3.05, 3.63) is 94.0 Å². The molecule has 0 bridgehead atoms. The molecule has 7 nitrogen and oxygen atoms in total. The van der Waals surface area contributed by atoms with E-state index < -0.39 is 6.04 Å². The Morgan fingerprint density at radius 3 is 2.45 bits per heavy atom. The van der Waals surface area contributed by atoms with Crippen LogP contribution in [0.4, 0.5) is 0 Å². The summed E-state index contributed by atoms with van der Waals surface area (Å²) < 4.78 is 12.6. The molecule has 38 heavy (non-hydrogen) atoms. The summed E-state index contributed by atoms with van der Waals surface area (Å²) in [4.78, 5) is 34.8. The van der Waals surface area contributed by atoms with Crippen molar-refractivity contribution in [1.29, 1.82) is 0 Å². The lowest BCUT2D eigenvalue weighted by molar-refractivity contribution is 0.0631. The monoisotopic (exact) mass is 511 g/mol. The van der Waals surface area contributed by atoms with Crippen molar-refractivity contribution in [3.63, 3.8) is 0 Å². The molecule has 0 fully saturated rings. The predicted molar refractivity (Wildman–Crippen MR) is 148 cm³/mol. The van der Waals surface area contributed by atoms with Crippen LogP contribution in [0.25, 0.3) is 16.6 Å². The van der Waals surface area contributed by atoms with Crippen LogP contribution < -0.4 is 15.0 Å². The molecule has 5 rings (SSSR count). The minimum absolute atomic E-state index is 0.140. The molecular formula is C31H33N3O4. The van der Waals surface area contributed by atoms with Gasteiger partial charge in [0.15, 0.2) is 11.5 Å². The number of rotatable bonds is 8. The molecule has 0 radical (unpaired) electrons. The second kappa shape index (κ2) is 10.7. The van der Waals surface area contributed by atoms with Crippen LogP contribution in [0.3, 0.4) is 0 Å². The highest BCUT2D eigenvalue weighted by Gasteiger charge is 2.31. The summed E-state index contributed by atoms with van der Waals surface area (Å²) in [5.74, 6) is 1.80. The zero-order valence-electron chi connectivity index (χ0n) is 22.3. The molecule has 1 atom stereocenters. The van der Waals surface area contributed by atoms with E-state index in [4.69, 9.17) is 14.5 Å². The van der Waals surface area contributed by atoms with Gasteiger partial charge in [-0.25, -0.2) is 4.98 Å². The normalized spacial score (nSPS) is 13.2. The van der Waals surface area contributed by atoms with E-state index in [0.29, 0.717) is 46.8 Å². The van der Waals surface area contributed by atoms with Crippen molar-refractivity contribution >= 4 is 16.8 Å². The molecule has 1 amide bonds. The van der Waals surface area contributed by atoms with Crippen LogP contribution in [-0.2, 0) is 6.42 Å². The van der Waals surface area contributed by atoms with Gasteiger partial charge in [-0.05, 0) is 66.8 Å². The summed E-state index contributed by atoms with van der Waals surface area (Å²) in [7, 11) is 0. The van der Waals surface area contributed by atoms with Gasteiger partial charge in [0.25, 0.3) is 11.5 Å². The fourth-order valence-corrected chi connectivity index (χ4v) is 4.99. The molecule has 2 heterocycles. The second-order valence-electron chi connectivity index (χ2n) is 9.99. The van der Waals surface area contributed by atoms with E-state index in [9.17, 15) is 9.59 Å². The van der Waals surface area contributed by atoms with Gasteiger partial charge in [0.2, 0.25) is 6.79 Å². The van der Waals surface area contributed by atoms with Gasteiger partial charge in [-0.2, -0.15) is 0 Å². The Bertz CT molecular complexity index is 1520. The lowest BCUT2D eigenvalue weighted by atomic mass is 10.0. The van der Waals surface area contributed by atoms with Crippen LogP contribution in [-0.4, -0.2) is 33.7 Å². The van der Waals surface area contributed by atoms with Crippen molar-refractivity contribution in [1.82, 2.24) is 14.5 Å². The number of amides is 1. The van der Waals surface area contributed by atoms with E-state index >= 15 is 0 Å². The number of aryl methyl sites for hydroxylation is 1. The van der Waals surface area contributed by atoms with E-state index in [2.05, 4.69) is 20.8 Å². The van der Waals surface area contributed by atoms with Crippen molar-refractivity contribution in [2.75, 3.05) is 13.3 Å². The van der Waals surface area contributed by atoms with Gasteiger partial charge < -0.3 is 14.4 Å². The van der Waals surface area contributed by atoms with E-state index in [1.165, 1.54) is 5.56 Å². The Balaban J connectivity index is 1.68. The van der Waals surface area contributed by atoms with Gasteiger partial charge in [0.1, 0.15) is 5.82 Å². The molecule has 0 saturated carbocycles. The minimum Gasteiger partial charge on any atom is -0.454 e. The van der Waals surface area contributed by atoms with Gasteiger partial charge >= 0.3 is 0 Å². The Morgan fingerprint density at radius 2 is 1.74 bits per heavy atom. The highest BCUT2D eigenvalue weighted by atomic mass is 16.7. The predicted octanol–water partition coefficient (Wildman–Crippen LogP) is 5.93. The standard InChI is InChI=1S/C31H33N3O4/c1-5-21-11-14-23(15-12-21)34-29(32-25-10-8-7-9-24(25)31(34)36)26(6-2)33(18-20(3)4)30(35)22-13-16-27-28(17-22)38-19-37-27/h7-17,20,26H,5-6,18-19H2,1-4H3. The molecule has 1 aliphatic heterocycles. The molecule has 4 aromatic rings. The SMILES string of the molecule is CCc1ccc(-n2c(C(CC)N(CC(C)C)C(=O)c3ccc4c(c3)OCO4)nc3ccccc3c2=O)cc1. The molecular weight excluding hydrogens is 478 g/mol. The van der Waals surface area contributed by atoms with Crippen LogP contribution >= 0.6 is 0 Å². The maximum absolute atomic E-state index is 14.0. The number of nitrogens with zero attached hydrogens (tertiary/aromatic N) is 3. The molecule has 1 aromatic heterocycles. The van der Waals surface area contributed by atoms with E-state index in [1.807, 2.05) is 54.3 Å². The van der Waals surface area contributed by atoms with Crippen LogP contribution in [0.2, 0.25) is 0 Å². The third kappa shape index (κ3) is 4.76. The van der Waals surface area contributed by atoms with Crippen molar-refractivity contribution in [3.8, 4) is 17.2 Å². The van der Waals surface area contributed by atoms with Crippen LogP contribution in [0.15, 0.2) is 71.5 Å². The second-order valence-corrected chi connectivity index (χ2v) is 9.99. The highest BCUT2D eigenvalue weighted by molar-refractivity contribution is 5.95. The van der Waals surface area contributed by atoms with E-state index in [-0.39, 0.29) is 24.2 Å². The molecule has 0 aliphatic carbocycles. The molecule has 0 saturated heterocycles. The van der Waals surface area contributed by atoms with Crippen LogP contribution in [0.1, 0.15) is 61.9 Å². The smallest absolute Gasteiger partial charge is 0.266 e. The Labute approximate surface area is 222 Å². The number of hydrogen-bond acceptors (Lipinski definition) is 5. The average molecular weight is 512 g/mol. The Kier molecular flexibility index (Phi) is 7.18. The number of hydrogen-bond donors (Lipinski definition) is 0. The van der Waals surface area contributed by atoms with Gasteiger partial charge in [-0.3, -0.25) is 14.2 Å². The molecule has 7 heteroatoms. The molecule has 196 valence electrons. The lowest BCUT2D eigenvalue weighted by Gasteiger charge is -2.33. The summed E-state index contributed by atoms with van der Waals surface area (Å²) in [5.41, 5.74) is 2.90. The number of benzene rings is 3. The third-order valence-corrected chi connectivity index (χ3v) is 6.91. The summed E-state index contributed by atoms with van der Waals surface area (Å²) in [6, 6.07) is 20.2. The summed E-state index contributed by atoms with van der Waals surface area (Å²) >= 11 is 0. The van der Waals surface area contributed by atoms with Gasteiger partial charge in [-0.15, -0.1) is 0 Å². The van der Waals surface area contributed by atoms with Crippen molar-refractivity contribution < 1.29 is 14.3 Å². The number of carbonyl (C=O) groups excluding carboxylic acids is 1. The fourth-order valence-electron chi connectivity index (χ4n) is 4.99. The summed E-state index contributed by atoms with van der Waals surface area (Å²) in [6.45, 7) is 8.93. The quantitative estimate of drug-likeness (QED) is 0.293. The first-order chi connectivity index (χ1) is 18.4. The lowest BCUT2D eigenvalue weighted by Crippen LogP contribution is -2.40. The number of aromatic nitrogens is 2. The number of para-hydroxylation sites is 1. The first-order valence-electron chi connectivity index (χ1n) is 13.2. The first-order valence-corrected chi connectivity index (χ1v) is 13.2. The summed E-state index contributed by atoms with van der Waals surface area (Å²) in [6.07, 6.45) is 1.49. The summed E-state index contributed by atoms with van der Waals surface area (Å²) in [5, 5.41) is 0.545. The average Bonchev–Trinajstić information content (AvgIpc) is 3.41. The Morgan fingerprint density at radius 1 is 1.00 bits per heavy atom. The third-order valence-electron chi connectivity index (χ3n) is 6.91. The first kappa shape index (κ1) is 25.5. The molecule has 0 spiro atoms. The maximum Gasteiger partial charge on any atom is 0.266 e. The zero-order chi connectivity index (χ0) is 26.8. The van der Waals surface area contributed by atoms with E-state index in [0.717, 1.165) is 12.1 Å². The molecule has 1 aliphatic rings.